The van der Waals surface area contributed by atoms with E-state index >= 15 is 0 Å². The molecule has 0 amide bonds. The van der Waals surface area contributed by atoms with Crippen LogP contribution in [0.2, 0.25) is 49.4 Å². The molecule has 0 aromatic carbocycles. The Morgan fingerprint density at radius 1 is 0.556 bits per heavy atom. The van der Waals surface area contributed by atoms with E-state index in [1.165, 1.54) is 0 Å². The summed E-state index contributed by atoms with van der Waals surface area (Å²) < 4.78 is 0. The summed E-state index contributed by atoms with van der Waals surface area (Å²) in [6, 6.07) is 0. The molecule has 2 heteroatoms. The summed E-state index contributed by atoms with van der Waals surface area (Å²) in [7, 11) is -2.15. The topological polar surface area (TPSA) is 0 Å². The summed E-state index contributed by atoms with van der Waals surface area (Å²) in [6.07, 6.45) is 0. The van der Waals surface area contributed by atoms with Crippen molar-refractivity contribution in [3.8, 4) is 0 Å². The van der Waals surface area contributed by atoms with E-state index < -0.39 is 16.1 Å². The summed E-state index contributed by atoms with van der Waals surface area (Å²) in [5.41, 5.74) is 1.30. The van der Waals surface area contributed by atoms with Crippen LogP contribution in [0.4, 0.5) is 0 Å². The Labute approximate surface area is 116 Å². The van der Waals surface area contributed by atoms with Crippen molar-refractivity contribution < 1.29 is 0 Å². The first kappa shape index (κ1) is 13.4. The summed E-state index contributed by atoms with van der Waals surface area (Å²) >= 11 is 0. The summed E-state index contributed by atoms with van der Waals surface area (Å²) in [6.45, 7) is 26.2. The molecular weight excluding hydrogens is 248 g/mol. The van der Waals surface area contributed by atoms with E-state index in [4.69, 9.17) is 0 Å². The molecule has 3 fully saturated rings. The van der Waals surface area contributed by atoms with Crippen molar-refractivity contribution in [1.29, 1.82) is 0 Å². The smallest absolute Gasteiger partial charge is 0.0520 e. The van der Waals surface area contributed by atoms with Gasteiger partial charge in [0, 0.05) is 0 Å². The third-order valence-corrected chi connectivity index (χ3v) is 15.1. The quantitative estimate of drug-likeness (QED) is 0.588. The van der Waals surface area contributed by atoms with Gasteiger partial charge in [-0.15, -0.1) is 0 Å². The van der Waals surface area contributed by atoms with Crippen LogP contribution >= 0.6 is 0 Å². The SMILES string of the molecule is CC1(C)C2C1([Si](C)(C)C)C1C(C)(C)C21[Si](C)(C)C. The van der Waals surface area contributed by atoms with Crippen LogP contribution in [-0.4, -0.2) is 16.1 Å². The second-order valence-electron chi connectivity index (χ2n) is 10.5. The molecule has 0 saturated heterocycles. The van der Waals surface area contributed by atoms with Crippen LogP contribution in [0.3, 0.4) is 0 Å². The fourth-order valence-corrected chi connectivity index (χ4v) is 18.2. The number of hydrogen-bond donors (Lipinski definition) is 0. The average Bonchev–Trinajstić information content (AvgIpc) is 2.50. The largest absolute Gasteiger partial charge is 0.0691 e. The van der Waals surface area contributed by atoms with Crippen molar-refractivity contribution >= 4 is 16.1 Å². The van der Waals surface area contributed by atoms with Gasteiger partial charge in [0.2, 0.25) is 0 Å². The van der Waals surface area contributed by atoms with Gasteiger partial charge in [-0.05, 0) is 32.7 Å². The molecule has 0 radical (unpaired) electrons. The molecular formula is C16H32Si2. The number of hydrogen-bond acceptors (Lipinski definition) is 0. The van der Waals surface area contributed by atoms with Gasteiger partial charge in [0.25, 0.3) is 0 Å². The van der Waals surface area contributed by atoms with Gasteiger partial charge < -0.3 is 0 Å². The number of fused-ring (bicyclic) bond motifs is 4. The lowest BCUT2D eigenvalue weighted by Crippen LogP contribution is -2.47. The molecule has 3 rings (SSSR count). The standard InChI is InChI=1S/C16H32Si2/c1-13(2)11-15(13,17(5,6)7)12-14(3,4)16(11,12)18(8,9)10/h11-12H,1-10H3. The van der Waals surface area contributed by atoms with Crippen LogP contribution < -0.4 is 0 Å². The van der Waals surface area contributed by atoms with Crippen LogP contribution in [0.25, 0.3) is 0 Å². The van der Waals surface area contributed by atoms with E-state index in [2.05, 4.69) is 67.0 Å². The molecule has 0 atom stereocenters. The van der Waals surface area contributed by atoms with Crippen LogP contribution in [0.5, 0.6) is 0 Å². The molecule has 0 bridgehead atoms. The van der Waals surface area contributed by atoms with E-state index in [1.54, 1.807) is 0 Å². The zero-order chi connectivity index (χ0) is 14.2. The maximum atomic E-state index is 2.64. The zero-order valence-corrected chi connectivity index (χ0v) is 16.2. The van der Waals surface area contributed by atoms with Gasteiger partial charge in [-0.2, -0.15) is 0 Å². The van der Waals surface area contributed by atoms with E-state index in [1.807, 2.05) is 0 Å². The van der Waals surface area contributed by atoms with Gasteiger partial charge in [0.05, 0.1) is 16.1 Å². The summed E-state index contributed by atoms with van der Waals surface area (Å²) in [5.74, 6) is 2.13. The molecule has 0 unspecified atom stereocenters. The minimum Gasteiger partial charge on any atom is -0.0691 e. The highest BCUT2D eigenvalue weighted by molar-refractivity contribution is 6.85. The molecule has 0 heterocycles. The van der Waals surface area contributed by atoms with Crippen LogP contribution in [0, 0.1) is 22.7 Å². The van der Waals surface area contributed by atoms with Crippen molar-refractivity contribution in [2.45, 2.75) is 77.1 Å². The van der Waals surface area contributed by atoms with E-state index in [9.17, 15) is 0 Å². The van der Waals surface area contributed by atoms with Gasteiger partial charge in [-0.3, -0.25) is 0 Å². The van der Waals surface area contributed by atoms with E-state index in [-0.39, 0.29) is 0 Å². The normalized spacial score (nSPS) is 51.0. The second kappa shape index (κ2) is 2.61. The minimum absolute atomic E-state index is 0.651. The molecule has 3 aliphatic carbocycles. The molecule has 0 aliphatic heterocycles. The lowest BCUT2D eigenvalue weighted by atomic mass is 9.98. The molecule has 3 saturated carbocycles. The Morgan fingerprint density at radius 2 is 0.778 bits per heavy atom. The fourth-order valence-electron chi connectivity index (χ4n) is 8.10. The van der Waals surface area contributed by atoms with Gasteiger partial charge in [-0.25, -0.2) is 0 Å². The van der Waals surface area contributed by atoms with E-state index in [0.717, 1.165) is 21.9 Å². The molecule has 0 nitrogen and oxygen atoms in total. The third kappa shape index (κ3) is 0.836. The molecule has 18 heavy (non-hydrogen) atoms. The first-order valence-electron chi connectivity index (χ1n) is 7.73. The average molecular weight is 281 g/mol. The third-order valence-electron chi connectivity index (χ3n) is 7.71. The lowest BCUT2D eigenvalue weighted by molar-refractivity contribution is 0.439. The Kier molecular flexibility index (Phi) is 1.95. The van der Waals surface area contributed by atoms with E-state index in [0.29, 0.717) is 10.8 Å². The summed E-state index contributed by atoms with van der Waals surface area (Å²) in [5, 5.41) is 1.56. The first-order valence-corrected chi connectivity index (χ1v) is 14.7. The first-order chi connectivity index (χ1) is 7.73. The monoisotopic (exact) mass is 280 g/mol. The van der Waals surface area contributed by atoms with Gasteiger partial charge >= 0.3 is 0 Å². The van der Waals surface area contributed by atoms with Crippen LogP contribution in [0.15, 0.2) is 0 Å². The summed E-state index contributed by atoms with van der Waals surface area (Å²) in [4.78, 5) is 0. The number of rotatable bonds is 2. The molecule has 0 aromatic rings. The molecule has 104 valence electrons. The van der Waals surface area contributed by atoms with Crippen LogP contribution in [0.1, 0.15) is 27.7 Å². The Hall–Kier alpha value is 0.434. The van der Waals surface area contributed by atoms with Gasteiger partial charge in [0.15, 0.2) is 0 Å². The Balaban J connectivity index is 2.13. The maximum Gasteiger partial charge on any atom is 0.0520 e. The highest BCUT2D eigenvalue weighted by Gasteiger charge is 3.06. The van der Waals surface area contributed by atoms with Crippen molar-refractivity contribution in [3.05, 3.63) is 0 Å². The molecule has 0 aromatic heterocycles. The second-order valence-corrected chi connectivity index (χ2v) is 21.2. The molecule has 3 aliphatic rings. The lowest BCUT2D eigenvalue weighted by Gasteiger charge is -2.47. The van der Waals surface area contributed by atoms with Crippen molar-refractivity contribution in [2.24, 2.45) is 22.7 Å². The van der Waals surface area contributed by atoms with Gasteiger partial charge in [-0.1, -0.05) is 67.0 Å². The fraction of sp³-hybridized carbons (Fsp3) is 1.00. The Morgan fingerprint density at radius 3 is 0.944 bits per heavy atom. The molecule has 0 N–H and O–H groups in total. The highest BCUT2D eigenvalue weighted by atomic mass is 28.3. The van der Waals surface area contributed by atoms with Crippen molar-refractivity contribution in [2.75, 3.05) is 0 Å². The minimum atomic E-state index is -1.07. The van der Waals surface area contributed by atoms with Crippen molar-refractivity contribution in [1.82, 2.24) is 0 Å². The van der Waals surface area contributed by atoms with Crippen LogP contribution in [-0.2, 0) is 0 Å². The van der Waals surface area contributed by atoms with Gasteiger partial charge in [0.1, 0.15) is 0 Å². The highest BCUT2D eigenvalue weighted by Crippen LogP contribution is 3.15. The maximum absolute atomic E-state index is 2.64. The van der Waals surface area contributed by atoms with Crippen molar-refractivity contribution in [3.63, 3.8) is 0 Å². The zero-order valence-electron chi connectivity index (χ0n) is 14.2. The predicted octanol–water partition coefficient (Wildman–Crippen LogP) is 5.47. The molecule has 0 spiro atoms. The predicted molar refractivity (Wildman–Crippen MR) is 86.6 cm³/mol. The Bertz CT molecular complexity index is 381.